The molecule has 1 rings (SSSR count). The van der Waals surface area contributed by atoms with E-state index >= 15 is 0 Å². The van der Waals surface area contributed by atoms with E-state index in [2.05, 4.69) is 18.9 Å². The number of rotatable bonds is 2. The van der Waals surface area contributed by atoms with E-state index in [0.29, 0.717) is 17.5 Å². The molecule has 1 aromatic heterocycles. The predicted molar refractivity (Wildman–Crippen MR) is 50.8 cm³/mol. The topological polar surface area (TPSA) is 69.9 Å². The Balaban J connectivity index is 3.20. The quantitative estimate of drug-likeness (QED) is 0.697. The summed E-state index contributed by atoms with van der Waals surface area (Å²) in [7, 11) is 0. The molecule has 0 amide bonds. The Hall–Kier alpha value is -1.19. The van der Waals surface area contributed by atoms with E-state index < -0.39 is 0 Å². The van der Waals surface area contributed by atoms with E-state index in [4.69, 9.17) is 11.5 Å². The molecule has 4 nitrogen and oxygen atoms in total. The second kappa shape index (κ2) is 3.05. The van der Waals surface area contributed by atoms with Crippen LogP contribution in [0.3, 0.4) is 0 Å². The molecule has 12 heavy (non-hydrogen) atoms. The van der Waals surface area contributed by atoms with E-state index in [0.717, 1.165) is 12.1 Å². The third-order valence-electron chi connectivity index (χ3n) is 1.90. The van der Waals surface area contributed by atoms with Gasteiger partial charge in [0, 0.05) is 6.04 Å². The highest BCUT2D eigenvalue weighted by Crippen LogP contribution is 2.22. The van der Waals surface area contributed by atoms with Crippen molar-refractivity contribution in [3.63, 3.8) is 0 Å². The fraction of sp³-hybridized carbons (Fsp3) is 0.625. The van der Waals surface area contributed by atoms with Crippen LogP contribution in [0.15, 0.2) is 0 Å². The summed E-state index contributed by atoms with van der Waals surface area (Å²) >= 11 is 0. The fourth-order valence-electron chi connectivity index (χ4n) is 1.28. The average molecular weight is 168 g/mol. The van der Waals surface area contributed by atoms with Crippen molar-refractivity contribution in [3.8, 4) is 0 Å². The lowest BCUT2D eigenvalue weighted by atomic mass is 10.2. The van der Waals surface area contributed by atoms with E-state index in [-0.39, 0.29) is 0 Å². The number of nitrogens with two attached hydrogens (primary N) is 2. The molecule has 0 bridgehead atoms. The Kier molecular flexibility index (Phi) is 2.26. The Labute approximate surface area is 72.5 Å². The average Bonchev–Trinajstić information content (AvgIpc) is 2.29. The van der Waals surface area contributed by atoms with Gasteiger partial charge in [0.25, 0.3) is 0 Å². The van der Waals surface area contributed by atoms with Crippen LogP contribution < -0.4 is 11.5 Å². The van der Waals surface area contributed by atoms with Gasteiger partial charge in [0.05, 0.1) is 11.4 Å². The van der Waals surface area contributed by atoms with Gasteiger partial charge in [-0.1, -0.05) is 6.92 Å². The zero-order valence-corrected chi connectivity index (χ0v) is 7.83. The van der Waals surface area contributed by atoms with Crippen LogP contribution in [-0.4, -0.2) is 9.78 Å². The summed E-state index contributed by atoms with van der Waals surface area (Å²) in [5, 5.41) is 4.15. The first-order chi connectivity index (χ1) is 5.57. The van der Waals surface area contributed by atoms with E-state index in [1.807, 2.05) is 11.6 Å². The van der Waals surface area contributed by atoms with Gasteiger partial charge in [-0.3, -0.25) is 4.68 Å². The van der Waals surface area contributed by atoms with E-state index in [9.17, 15) is 0 Å². The highest BCUT2D eigenvalue weighted by molar-refractivity contribution is 5.61. The number of hydrogen-bond donors (Lipinski definition) is 2. The smallest absolute Gasteiger partial charge is 0.169 e. The normalized spacial score (nSPS) is 11.0. The monoisotopic (exact) mass is 168 g/mol. The molecule has 0 aliphatic rings. The highest BCUT2D eigenvalue weighted by atomic mass is 15.3. The maximum Gasteiger partial charge on any atom is 0.169 e. The predicted octanol–water partition coefficient (Wildman–Crippen LogP) is 1.19. The molecular weight excluding hydrogens is 152 g/mol. The minimum Gasteiger partial charge on any atom is -0.394 e. The largest absolute Gasteiger partial charge is 0.394 e. The molecule has 68 valence electrons. The summed E-state index contributed by atoms with van der Waals surface area (Å²) in [6.07, 6.45) is 0.869. The molecule has 0 aliphatic heterocycles. The molecule has 0 radical (unpaired) electrons. The summed E-state index contributed by atoms with van der Waals surface area (Å²) in [6, 6.07) is 0.319. The molecule has 1 heterocycles. The zero-order chi connectivity index (χ0) is 9.30. The standard InChI is InChI=1S/C8H16N4/c1-4-6-7(9)8(10)11-12(6)5(2)3/h5H,4,9H2,1-3H3,(H2,10,11). The van der Waals surface area contributed by atoms with Crippen molar-refractivity contribution in [2.45, 2.75) is 33.2 Å². The van der Waals surface area contributed by atoms with Crippen molar-refractivity contribution >= 4 is 11.5 Å². The minimum absolute atomic E-state index is 0.319. The van der Waals surface area contributed by atoms with Gasteiger partial charge in [-0.25, -0.2) is 0 Å². The Morgan fingerprint density at radius 1 is 1.42 bits per heavy atom. The number of hydrogen-bond acceptors (Lipinski definition) is 3. The van der Waals surface area contributed by atoms with Crippen molar-refractivity contribution in [2.75, 3.05) is 11.5 Å². The van der Waals surface area contributed by atoms with Crippen LogP contribution >= 0.6 is 0 Å². The number of anilines is 2. The van der Waals surface area contributed by atoms with Crippen LogP contribution in [0.25, 0.3) is 0 Å². The third-order valence-corrected chi connectivity index (χ3v) is 1.90. The number of aromatic nitrogens is 2. The third kappa shape index (κ3) is 1.24. The van der Waals surface area contributed by atoms with E-state index in [1.165, 1.54) is 0 Å². The van der Waals surface area contributed by atoms with Gasteiger partial charge in [-0.2, -0.15) is 5.10 Å². The van der Waals surface area contributed by atoms with E-state index in [1.54, 1.807) is 0 Å². The molecule has 0 aromatic carbocycles. The Morgan fingerprint density at radius 3 is 2.33 bits per heavy atom. The second-order valence-electron chi connectivity index (χ2n) is 3.14. The summed E-state index contributed by atoms with van der Waals surface area (Å²) in [5.74, 6) is 0.445. The van der Waals surface area contributed by atoms with Gasteiger partial charge < -0.3 is 11.5 Å². The van der Waals surface area contributed by atoms with Crippen molar-refractivity contribution in [3.05, 3.63) is 5.69 Å². The summed E-state index contributed by atoms with van der Waals surface area (Å²) in [6.45, 7) is 6.17. The molecule has 4 heteroatoms. The van der Waals surface area contributed by atoms with Gasteiger partial charge in [0.2, 0.25) is 0 Å². The molecule has 0 saturated heterocycles. The van der Waals surface area contributed by atoms with Crippen LogP contribution in [-0.2, 0) is 6.42 Å². The lowest BCUT2D eigenvalue weighted by Gasteiger charge is -2.08. The molecular formula is C8H16N4. The Morgan fingerprint density at radius 2 is 2.00 bits per heavy atom. The molecule has 0 saturated carbocycles. The first-order valence-electron chi connectivity index (χ1n) is 4.20. The fourth-order valence-corrected chi connectivity index (χ4v) is 1.28. The van der Waals surface area contributed by atoms with Crippen LogP contribution in [0, 0.1) is 0 Å². The zero-order valence-electron chi connectivity index (χ0n) is 7.83. The summed E-state index contributed by atoms with van der Waals surface area (Å²) in [4.78, 5) is 0. The maximum absolute atomic E-state index is 5.74. The van der Waals surface area contributed by atoms with Gasteiger partial charge in [0.15, 0.2) is 5.82 Å². The van der Waals surface area contributed by atoms with Crippen LogP contribution in [0.5, 0.6) is 0 Å². The van der Waals surface area contributed by atoms with Crippen LogP contribution in [0.4, 0.5) is 11.5 Å². The first kappa shape index (κ1) is 8.90. The molecule has 4 N–H and O–H groups in total. The summed E-state index contributed by atoms with van der Waals surface area (Å²) < 4.78 is 1.88. The lowest BCUT2D eigenvalue weighted by Crippen LogP contribution is -2.07. The van der Waals surface area contributed by atoms with Gasteiger partial charge in [-0.15, -0.1) is 0 Å². The van der Waals surface area contributed by atoms with Gasteiger partial charge in [-0.05, 0) is 20.3 Å². The number of nitrogens with zero attached hydrogens (tertiary/aromatic N) is 2. The van der Waals surface area contributed by atoms with Crippen molar-refractivity contribution in [1.82, 2.24) is 9.78 Å². The van der Waals surface area contributed by atoms with Crippen molar-refractivity contribution < 1.29 is 0 Å². The van der Waals surface area contributed by atoms with Crippen LogP contribution in [0.1, 0.15) is 32.5 Å². The van der Waals surface area contributed by atoms with Gasteiger partial charge in [0.1, 0.15) is 0 Å². The molecule has 0 spiro atoms. The molecule has 0 atom stereocenters. The lowest BCUT2D eigenvalue weighted by molar-refractivity contribution is 0.514. The maximum atomic E-state index is 5.74. The second-order valence-corrected chi connectivity index (χ2v) is 3.14. The highest BCUT2D eigenvalue weighted by Gasteiger charge is 2.12. The SMILES string of the molecule is CCc1c(N)c(N)nn1C(C)C. The van der Waals surface area contributed by atoms with Gasteiger partial charge >= 0.3 is 0 Å². The first-order valence-corrected chi connectivity index (χ1v) is 4.20. The molecule has 0 fully saturated rings. The number of nitrogen functional groups attached to an aromatic ring is 2. The molecule has 0 aliphatic carbocycles. The Bertz CT molecular complexity index is 275. The van der Waals surface area contributed by atoms with Crippen molar-refractivity contribution in [1.29, 1.82) is 0 Å². The van der Waals surface area contributed by atoms with Crippen LogP contribution in [0.2, 0.25) is 0 Å². The van der Waals surface area contributed by atoms with Crippen molar-refractivity contribution in [2.24, 2.45) is 0 Å². The minimum atomic E-state index is 0.319. The molecule has 0 unspecified atom stereocenters. The molecule has 1 aromatic rings. The summed E-state index contributed by atoms with van der Waals surface area (Å²) in [5.41, 5.74) is 13.0.